The number of phenolic OH excluding ortho intramolecular Hbond substituents is 1. The summed E-state index contributed by atoms with van der Waals surface area (Å²) in [6, 6.07) is 14.3. The standard InChI is InChI=1S/C19H18N4O2/c1-12-6-7-15(8-13(12)2)17-10-18(22-21-17)19(25)23-20-11-14-4-3-5-16(24)9-14/h3-11,24H,1-2H3,(H,21,22)(H,23,25)/b20-11-. The van der Waals surface area contributed by atoms with Gasteiger partial charge in [0.25, 0.3) is 5.91 Å². The molecule has 0 fully saturated rings. The second kappa shape index (κ2) is 7.00. The van der Waals surface area contributed by atoms with Crippen molar-refractivity contribution >= 4 is 12.1 Å². The van der Waals surface area contributed by atoms with Crippen molar-refractivity contribution < 1.29 is 9.90 Å². The first-order valence-corrected chi connectivity index (χ1v) is 7.78. The lowest BCUT2D eigenvalue weighted by molar-refractivity contribution is 0.0950. The molecule has 3 N–H and O–H groups in total. The summed E-state index contributed by atoms with van der Waals surface area (Å²) < 4.78 is 0. The third-order valence-corrected chi connectivity index (χ3v) is 3.88. The predicted octanol–water partition coefficient (Wildman–Crippen LogP) is 3.16. The number of aromatic hydroxyl groups is 1. The molecule has 0 saturated carbocycles. The summed E-state index contributed by atoms with van der Waals surface area (Å²) in [5.74, 6) is -0.249. The number of aromatic nitrogens is 2. The van der Waals surface area contributed by atoms with Crippen molar-refractivity contribution in [3.8, 4) is 17.0 Å². The van der Waals surface area contributed by atoms with Crippen molar-refractivity contribution in [2.24, 2.45) is 5.10 Å². The van der Waals surface area contributed by atoms with Crippen LogP contribution in [-0.4, -0.2) is 27.4 Å². The molecule has 0 unspecified atom stereocenters. The van der Waals surface area contributed by atoms with Gasteiger partial charge < -0.3 is 5.11 Å². The zero-order chi connectivity index (χ0) is 17.8. The van der Waals surface area contributed by atoms with Crippen LogP contribution < -0.4 is 5.43 Å². The Morgan fingerprint density at radius 2 is 2.00 bits per heavy atom. The number of hydrogen-bond donors (Lipinski definition) is 3. The van der Waals surface area contributed by atoms with Gasteiger partial charge in [-0.25, -0.2) is 5.43 Å². The van der Waals surface area contributed by atoms with E-state index in [0.29, 0.717) is 17.0 Å². The smallest absolute Gasteiger partial charge is 0.289 e. The lowest BCUT2D eigenvalue weighted by Gasteiger charge is -2.01. The molecule has 0 aliphatic heterocycles. The fourth-order valence-electron chi connectivity index (χ4n) is 2.32. The van der Waals surface area contributed by atoms with Gasteiger partial charge in [0.15, 0.2) is 0 Å². The monoisotopic (exact) mass is 334 g/mol. The summed E-state index contributed by atoms with van der Waals surface area (Å²) in [4.78, 5) is 12.1. The van der Waals surface area contributed by atoms with Crippen LogP contribution in [0.4, 0.5) is 0 Å². The Bertz CT molecular complexity index is 944. The number of hydrazone groups is 1. The molecule has 1 amide bonds. The number of H-pyrrole nitrogens is 1. The summed E-state index contributed by atoms with van der Waals surface area (Å²) in [6.45, 7) is 4.09. The number of carbonyl (C=O) groups excluding carboxylic acids is 1. The summed E-state index contributed by atoms with van der Waals surface area (Å²) in [5.41, 5.74) is 7.45. The van der Waals surface area contributed by atoms with Crippen LogP contribution in [0.2, 0.25) is 0 Å². The van der Waals surface area contributed by atoms with Crippen molar-refractivity contribution in [2.75, 3.05) is 0 Å². The van der Waals surface area contributed by atoms with Gasteiger partial charge >= 0.3 is 0 Å². The first-order valence-electron chi connectivity index (χ1n) is 7.78. The van der Waals surface area contributed by atoms with Gasteiger partial charge in [-0.3, -0.25) is 9.89 Å². The Labute approximate surface area is 145 Å². The highest BCUT2D eigenvalue weighted by Crippen LogP contribution is 2.20. The fraction of sp³-hybridized carbons (Fsp3) is 0.105. The SMILES string of the molecule is Cc1ccc(-c2cc(C(=O)N/N=C\c3cccc(O)c3)[nH]n2)cc1C. The largest absolute Gasteiger partial charge is 0.508 e. The van der Waals surface area contributed by atoms with Gasteiger partial charge in [-0.05, 0) is 54.8 Å². The normalized spacial score (nSPS) is 11.0. The van der Waals surface area contributed by atoms with Crippen molar-refractivity contribution in [1.82, 2.24) is 15.6 Å². The maximum atomic E-state index is 12.1. The number of nitrogens with one attached hydrogen (secondary N) is 2. The first kappa shape index (κ1) is 16.4. The van der Waals surface area contributed by atoms with E-state index in [0.717, 1.165) is 5.56 Å². The van der Waals surface area contributed by atoms with Crippen LogP contribution in [0.25, 0.3) is 11.3 Å². The summed E-state index contributed by atoms with van der Waals surface area (Å²) in [5, 5.41) is 20.2. The van der Waals surface area contributed by atoms with Crippen LogP contribution in [0.1, 0.15) is 27.2 Å². The van der Waals surface area contributed by atoms with Gasteiger partial charge in [-0.15, -0.1) is 0 Å². The molecule has 6 heteroatoms. The number of rotatable bonds is 4. The zero-order valence-electron chi connectivity index (χ0n) is 13.9. The molecule has 0 spiro atoms. The molecule has 1 aromatic heterocycles. The van der Waals surface area contributed by atoms with Crippen LogP contribution in [0, 0.1) is 13.8 Å². The van der Waals surface area contributed by atoms with E-state index < -0.39 is 0 Å². The highest BCUT2D eigenvalue weighted by Gasteiger charge is 2.10. The predicted molar refractivity (Wildman–Crippen MR) is 96.7 cm³/mol. The summed E-state index contributed by atoms with van der Waals surface area (Å²) in [7, 11) is 0. The molecule has 0 aliphatic carbocycles. The molecule has 126 valence electrons. The van der Waals surface area contributed by atoms with E-state index in [9.17, 15) is 9.90 Å². The second-order valence-electron chi connectivity index (χ2n) is 5.76. The number of nitrogens with zero attached hydrogens (tertiary/aromatic N) is 2. The van der Waals surface area contributed by atoms with Crippen molar-refractivity contribution in [3.63, 3.8) is 0 Å². The molecule has 25 heavy (non-hydrogen) atoms. The zero-order valence-corrected chi connectivity index (χ0v) is 13.9. The van der Waals surface area contributed by atoms with E-state index in [-0.39, 0.29) is 11.7 Å². The van der Waals surface area contributed by atoms with Crippen LogP contribution in [0.5, 0.6) is 5.75 Å². The number of phenols is 1. The molecule has 0 aliphatic rings. The molecule has 1 heterocycles. The molecular weight excluding hydrogens is 316 g/mol. The average Bonchev–Trinajstić information content (AvgIpc) is 3.07. The van der Waals surface area contributed by atoms with E-state index >= 15 is 0 Å². The van der Waals surface area contributed by atoms with Crippen LogP contribution >= 0.6 is 0 Å². The minimum Gasteiger partial charge on any atom is -0.508 e. The van der Waals surface area contributed by atoms with Gasteiger partial charge in [0.05, 0.1) is 11.9 Å². The molecule has 3 rings (SSSR count). The Balaban J connectivity index is 1.69. The van der Waals surface area contributed by atoms with Crippen LogP contribution in [0.15, 0.2) is 53.6 Å². The van der Waals surface area contributed by atoms with E-state index in [4.69, 9.17) is 0 Å². The first-order chi connectivity index (χ1) is 12.0. The lowest BCUT2D eigenvalue weighted by atomic mass is 10.0. The number of hydrogen-bond acceptors (Lipinski definition) is 4. The van der Waals surface area contributed by atoms with E-state index in [2.05, 4.69) is 20.7 Å². The molecule has 2 aromatic carbocycles. The minimum atomic E-state index is -0.390. The Morgan fingerprint density at radius 1 is 1.16 bits per heavy atom. The second-order valence-corrected chi connectivity index (χ2v) is 5.76. The number of amides is 1. The highest BCUT2D eigenvalue weighted by molar-refractivity contribution is 5.94. The van der Waals surface area contributed by atoms with Gasteiger partial charge in [-0.2, -0.15) is 10.2 Å². The Hall–Kier alpha value is -3.41. The maximum absolute atomic E-state index is 12.1. The summed E-state index contributed by atoms with van der Waals surface area (Å²) in [6.07, 6.45) is 1.46. The van der Waals surface area contributed by atoms with Crippen LogP contribution in [-0.2, 0) is 0 Å². The minimum absolute atomic E-state index is 0.141. The van der Waals surface area contributed by atoms with Crippen LogP contribution in [0.3, 0.4) is 0 Å². The highest BCUT2D eigenvalue weighted by atomic mass is 16.3. The van der Waals surface area contributed by atoms with Gasteiger partial charge in [0, 0.05) is 5.56 Å². The average molecular weight is 334 g/mol. The fourth-order valence-corrected chi connectivity index (χ4v) is 2.32. The van der Waals surface area contributed by atoms with Crippen molar-refractivity contribution in [3.05, 3.63) is 70.9 Å². The molecule has 0 saturated heterocycles. The number of carbonyl (C=O) groups is 1. The Morgan fingerprint density at radius 3 is 2.76 bits per heavy atom. The molecule has 0 bridgehead atoms. The number of benzene rings is 2. The maximum Gasteiger partial charge on any atom is 0.289 e. The van der Waals surface area contributed by atoms with Crippen molar-refractivity contribution in [2.45, 2.75) is 13.8 Å². The van der Waals surface area contributed by atoms with Gasteiger partial charge in [0.1, 0.15) is 11.4 Å². The third kappa shape index (κ3) is 3.92. The van der Waals surface area contributed by atoms with Gasteiger partial charge in [0.2, 0.25) is 0 Å². The topological polar surface area (TPSA) is 90.4 Å². The molecular formula is C19H18N4O2. The molecule has 3 aromatic rings. The van der Waals surface area contributed by atoms with E-state index in [1.807, 2.05) is 32.0 Å². The molecule has 6 nitrogen and oxygen atoms in total. The molecule has 0 radical (unpaired) electrons. The summed E-state index contributed by atoms with van der Waals surface area (Å²) >= 11 is 0. The Kier molecular flexibility index (Phi) is 4.61. The third-order valence-electron chi connectivity index (χ3n) is 3.88. The quantitative estimate of drug-likeness (QED) is 0.505. The number of aromatic amines is 1. The lowest BCUT2D eigenvalue weighted by Crippen LogP contribution is -2.17. The van der Waals surface area contributed by atoms with Crippen molar-refractivity contribution in [1.29, 1.82) is 0 Å². The molecule has 0 atom stereocenters. The van der Waals surface area contributed by atoms with Gasteiger partial charge in [-0.1, -0.05) is 24.3 Å². The van der Waals surface area contributed by atoms with E-state index in [1.165, 1.54) is 17.3 Å². The van der Waals surface area contributed by atoms with E-state index in [1.54, 1.807) is 30.3 Å². The number of aryl methyl sites for hydroxylation is 2.